The molecule has 2 aromatic rings. The zero-order valence-electron chi connectivity index (χ0n) is 17.1. The Morgan fingerprint density at radius 3 is 2.63 bits per heavy atom. The number of thiophene rings is 1. The lowest BCUT2D eigenvalue weighted by molar-refractivity contribution is 0.179. The van der Waals surface area contributed by atoms with E-state index in [0.29, 0.717) is 54.8 Å². The molecule has 8 nitrogen and oxygen atoms in total. The Labute approximate surface area is 181 Å². The Hall–Kier alpha value is -2.30. The number of methoxy groups -OCH3 is 1. The van der Waals surface area contributed by atoms with E-state index in [9.17, 15) is 13.2 Å². The maximum Gasteiger partial charge on any atom is 0.317 e. The summed E-state index contributed by atoms with van der Waals surface area (Å²) in [6, 6.07) is 8.53. The Morgan fingerprint density at radius 1 is 1.23 bits per heavy atom. The number of urea groups is 1. The van der Waals surface area contributed by atoms with E-state index < -0.39 is 10.0 Å². The number of likely N-dealkylation sites (tertiary alicyclic amines) is 1. The van der Waals surface area contributed by atoms with Gasteiger partial charge in [0.25, 0.3) is 0 Å². The van der Waals surface area contributed by atoms with Crippen molar-refractivity contribution in [3.8, 4) is 11.5 Å². The van der Waals surface area contributed by atoms with Crippen molar-refractivity contribution in [1.82, 2.24) is 14.9 Å². The fraction of sp³-hybridized carbons (Fsp3) is 0.450. The van der Waals surface area contributed by atoms with Gasteiger partial charge in [-0.25, -0.2) is 17.9 Å². The molecule has 0 aliphatic carbocycles. The molecule has 0 unspecified atom stereocenters. The van der Waals surface area contributed by atoms with Crippen LogP contribution in [-0.4, -0.2) is 52.2 Å². The lowest BCUT2D eigenvalue weighted by atomic mass is 10.1. The summed E-state index contributed by atoms with van der Waals surface area (Å²) >= 11 is 1.19. The number of amides is 2. The first-order valence-electron chi connectivity index (χ1n) is 9.81. The van der Waals surface area contributed by atoms with Crippen LogP contribution in [0.15, 0.2) is 39.9 Å². The standard InChI is InChI=1S/C20H27N3O5S2/c1-3-28-17-7-6-15(13-18(17)27-2)14-21-20(24)23-10-8-16(9-11-23)22-30(25,26)19-5-4-12-29-19/h4-7,12-13,16,22H,3,8-11,14H2,1-2H3,(H,21,24). The largest absolute Gasteiger partial charge is 0.493 e. The number of ether oxygens (including phenoxy) is 2. The molecular formula is C20H27N3O5S2. The topological polar surface area (TPSA) is 97.0 Å². The van der Waals surface area contributed by atoms with Crippen LogP contribution in [-0.2, 0) is 16.6 Å². The summed E-state index contributed by atoms with van der Waals surface area (Å²) in [5, 5.41) is 4.65. The molecule has 2 heterocycles. The highest BCUT2D eigenvalue weighted by Crippen LogP contribution is 2.28. The summed E-state index contributed by atoms with van der Waals surface area (Å²) in [6.45, 7) is 3.81. The van der Waals surface area contributed by atoms with Crippen molar-refractivity contribution in [3.05, 3.63) is 41.3 Å². The molecule has 0 spiro atoms. The van der Waals surface area contributed by atoms with Crippen LogP contribution >= 0.6 is 11.3 Å². The van der Waals surface area contributed by atoms with E-state index >= 15 is 0 Å². The zero-order chi connectivity index (χ0) is 21.6. The molecule has 10 heteroatoms. The van der Waals surface area contributed by atoms with Crippen molar-refractivity contribution in [3.63, 3.8) is 0 Å². The van der Waals surface area contributed by atoms with Gasteiger partial charge >= 0.3 is 6.03 Å². The Balaban J connectivity index is 1.48. The summed E-state index contributed by atoms with van der Waals surface area (Å²) in [5.41, 5.74) is 0.905. The zero-order valence-corrected chi connectivity index (χ0v) is 18.7. The average molecular weight is 454 g/mol. The third kappa shape index (κ3) is 5.65. The summed E-state index contributed by atoms with van der Waals surface area (Å²) in [4.78, 5) is 14.2. The second kappa shape index (κ2) is 10.1. The molecule has 1 saturated heterocycles. The molecular weight excluding hydrogens is 426 g/mol. The van der Waals surface area contributed by atoms with Crippen LogP contribution < -0.4 is 19.5 Å². The molecule has 3 rings (SSSR count). The van der Waals surface area contributed by atoms with Crippen LogP contribution in [0.1, 0.15) is 25.3 Å². The number of piperidine rings is 1. The quantitative estimate of drug-likeness (QED) is 0.641. The van der Waals surface area contributed by atoms with Gasteiger partial charge in [0.1, 0.15) is 4.21 Å². The monoisotopic (exact) mass is 453 g/mol. The molecule has 30 heavy (non-hydrogen) atoms. The highest BCUT2D eigenvalue weighted by atomic mass is 32.2. The van der Waals surface area contributed by atoms with Gasteiger partial charge in [-0.2, -0.15) is 0 Å². The molecule has 164 valence electrons. The third-order valence-electron chi connectivity index (χ3n) is 4.84. The van der Waals surface area contributed by atoms with Gasteiger partial charge in [0.05, 0.1) is 13.7 Å². The van der Waals surface area contributed by atoms with Gasteiger partial charge in [0, 0.05) is 25.7 Å². The van der Waals surface area contributed by atoms with E-state index in [0.717, 1.165) is 5.56 Å². The predicted molar refractivity (Wildman–Crippen MR) is 116 cm³/mol. The van der Waals surface area contributed by atoms with E-state index in [1.54, 1.807) is 29.5 Å². The molecule has 0 bridgehead atoms. The number of nitrogens with zero attached hydrogens (tertiary/aromatic N) is 1. The lowest BCUT2D eigenvalue weighted by Crippen LogP contribution is -2.49. The first-order chi connectivity index (χ1) is 14.4. The minimum atomic E-state index is -3.49. The van der Waals surface area contributed by atoms with Crippen molar-refractivity contribution in [2.24, 2.45) is 0 Å². The molecule has 1 aromatic heterocycles. The van der Waals surface area contributed by atoms with Gasteiger partial charge in [-0.15, -0.1) is 11.3 Å². The van der Waals surface area contributed by atoms with E-state index in [4.69, 9.17) is 9.47 Å². The van der Waals surface area contributed by atoms with E-state index in [2.05, 4.69) is 10.0 Å². The molecule has 1 fully saturated rings. The van der Waals surface area contributed by atoms with Crippen LogP contribution in [0.4, 0.5) is 4.79 Å². The Bertz CT molecular complexity index is 939. The molecule has 1 aliphatic heterocycles. The van der Waals surface area contributed by atoms with Crippen LogP contribution in [0.3, 0.4) is 0 Å². The number of sulfonamides is 1. The van der Waals surface area contributed by atoms with Gasteiger partial charge in [-0.05, 0) is 48.9 Å². The molecule has 2 N–H and O–H groups in total. The maximum atomic E-state index is 12.5. The predicted octanol–water partition coefficient (Wildman–Crippen LogP) is 2.81. The van der Waals surface area contributed by atoms with Gasteiger partial charge in [-0.3, -0.25) is 0 Å². The normalized spacial score (nSPS) is 15.1. The molecule has 0 atom stereocenters. The molecule has 2 amide bonds. The van der Waals surface area contributed by atoms with Crippen LogP contribution in [0.5, 0.6) is 11.5 Å². The van der Waals surface area contributed by atoms with Crippen LogP contribution in [0, 0.1) is 0 Å². The second-order valence-corrected chi connectivity index (χ2v) is 9.78. The highest BCUT2D eigenvalue weighted by molar-refractivity contribution is 7.91. The van der Waals surface area contributed by atoms with Crippen molar-refractivity contribution in [1.29, 1.82) is 0 Å². The first kappa shape index (κ1) is 22.4. The fourth-order valence-corrected chi connectivity index (χ4v) is 5.60. The molecule has 1 aliphatic rings. The minimum absolute atomic E-state index is 0.164. The lowest BCUT2D eigenvalue weighted by Gasteiger charge is -2.32. The highest BCUT2D eigenvalue weighted by Gasteiger charge is 2.27. The summed E-state index contributed by atoms with van der Waals surface area (Å²) in [6.07, 6.45) is 1.16. The van der Waals surface area contributed by atoms with Gasteiger partial charge in [0.15, 0.2) is 11.5 Å². The number of hydrogen-bond acceptors (Lipinski definition) is 6. The van der Waals surface area contributed by atoms with Gasteiger partial charge < -0.3 is 19.7 Å². The van der Waals surface area contributed by atoms with E-state index in [-0.39, 0.29) is 12.1 Å². The number of nitrogens with one attached hydrogen (secondary N) is 2. The number of rotatable bonds is 8. The van der Waals surface area contributed by atoms with Crippen LogP contribution in [0.25, 0.3) is 0 Å². The molecule has 1 aromatic carbocycles. The summed E-state index contributed by atoms with van der Waals surface area (Å²) in [7, 11) is -1.91. The van der Waals surface area contributed by atoms with Crippen LogP contribution in [0.2, 0.25) is 0 Å². The third-order valence-corrected chi connectivity index (χ3v) is 7.75. The number of carbonyl (C=O) groups excluding carboxylic acids is 1. The summed E-state index contributed by atoms with van der Waals surface area (Å²) in [5.74, 6) is 1.30. The Kier molecular flexibility index (Phi) is 7.57. The van der Waals surface area contributed by atoms with Crippen molar-refractivity contribution < 1.29 is 22.7 Å². The van der Waals surface area contributed by atoms with E-state index in [1.165, 1.54) is 11.3 Å². The first-order valence-corrected chi connectivity index (χ1v) is 12.2. The smallest absolute Gasteiger partial charge is 0.317 e. The summed E-state index contributed by atoms with van der Waals surface area (Å²) < 4.78 is 38.6. The SMILES string of the molecule is CCOc1ccc(CNC(=O)N2CCC(NS(=O)(=O)c3cccs3)CC2)cc1OC. The maximum absolute atomic E-state index is 12.5. The average Bonchev–Trinajstić information content (AvgIpc) is 3.29. The van der Waals surface area contributed by atoms with Crippen molar-refractivity contribution in [2.45, 2.75) is 36.6 Å². The molecule has 0 saturated carbocycles. The van der Waals surface area contributed by atoms with Gasteiger partial charge in [-0.1, -0.05) is 12.1 Å². The van der Waals surface area contributed by atoms with Crippen molar-refractivity contribution >= 4 is 27.4 Å². The fourth-order valence-electron chi connectivity index (χ4n) is 3.28. The van der Waals surface area contributed by atoms with E-state index in [1.807, 2.05) is 25.1 Å². The Morgan fingerprint density at radius 2 is 2.00 bits per heavy atom. The minimum Gasteiger partial charge on any atom is -0.493 e. The number of carbonyl (C=O) groups is 1. The second-order valence-electron chi connectivity index (χ2n) is 6.89. The molecule has 0 radical (unpaired) electrons. The number of hydrogen-bond donors (Lipinski definition) is 2. The van der Waals surface area contributed by atoms with Gasteiger partial charge in [0.2, 0.25) is 10.0 Å². The van der Waals surface area contributed by atoms with Crippen molar-refractivity contribution in [2.75, 3.05) is 26.8 Å². The number of benzene rings is 1.